The maximum atomic E-state index is 12.7. The molecule has 2 aromatic heterocycles. The molecule has 1 amide bonds. The van der Waals surface area contributed by atoms with Crippen LogP contribution < -0.4 is 0 Å². The van der Waals surface area contributed by atoms with Crippen LogP contribution in [0, 0.1) is 5.92 Å². The van der Waals surface area contributed by atoms with Gasteiger partial charge in [-0.1, -0.05) is 30.3 Å². The molecule has 8 nitrogen and oxygen atoms in total. The van der Waals surface area contributed by atoms with E-state index < -0.39 is 16.1 Å². The number of amides is 1. The number of aromatic nitrogens is 3. The molecule has 0 aliphatic carbocycles. The van der Waals surface area contributed by atoms with Crippen LogP contribution in [0.5, 0.6) is 0 Å². The van der Waals surface area contributed by atoms with Gasteiger partial charge in [-0.25, -0.2) is 24.8 Å². The molecule has 9 heteroatoms. The molecule has 2 atom stereocenters. The molecule has 1 saturated heterocycles. The van der Waals surface area contributed by atoms with E-state index in [2.05, 4.69) is 28.7 Å². The smallest absolute Gasteiger partial charge is 0.410 e. The molecule has 1 aromatic carbocycles. The molecule has 0 spiro atoms. The summed E-state index contributed by atoms with van der Waals surface area (Å²) < 4.78 is 13.3. The van der Waals surface area contributed by atoms with Gasteiger partial charge in [0.2, 0.25) is 0 Å². The first-order valence-corrected chi connectivity index (χ1v) is 15.0. The predicted octanol–water partition coefficient (Wildman–Crippen LogP) is 4.18. The predicted molar refractivity (Wildman–Crippen MR) is 140 cm³/mol. The van der Waals surface area contributed by atoms with Gasteiger partial charge in [0, 0.05) is 36.3 Å². The molecule has 190 valence electrons. The van der Waals surface area contributed by atoms with Crippen LogP contribution in [-0.2, 0) is 22.8 Å². The van der Waals surface area contributed by atoms with E-state index in [1.165, 1.54) is 6.33 Å². The molecular weight excluding hydrogens is 464 g/mol. The Labute approximate surface area is 208 Å². The summed E-state index contributed by atoms with van der Waals surface area (Å²) in [4.78, 5) is 23.2. The van der Waals surface area contributed by atoms with Crippen LogP contribution in [0.25, 0.3) is 11.0 Å². The van der Waals surface area contributed by atoms with E-state index in [1.54, 1.807) is 4.90 Å². The third-order valence-corrected chi connectivity index (χ3v) is 7.70. The maximum absolute atomic E-state index is 12.7. The third-order valence-electron chi connectivity index (χ3n) is 6.31. The number of hydrogen-bond donors (Lipinski definition) is 1. The second kappa shape index (κ2) is 11.4. The minimum atomic E-state index is -0.800. The lowest BCUT2D eigenvalue weighted by atomic mass is 9.90. The van der Waals surface area contributed by atoms with Crippen molar-refractivity contribution in [2.45, 2.75) is 32.3 Å². The number of fused-ring (bicyclic) bond motifs is 1. The molecule has 2 unspecified atom stereocenters. The summed E-state index contributed by atoms with van der Waals surface area (Å²) in [6.45, 7) is 2.41. The molecule has 35 heavy (non-hydrogen) atoms. The van der Waals surface area contributed by atoms with Crippen LogP contribution in [0.1, 0.15) is 30.2 Å². The standard InChI is InChI=1S/C26H36N4O4S/c1-35(2,3)15-14-33-19-30-13-11-22-23(27-18-28-25(22)30)24(31)21-10-7-12-29(16-21)26(32)34-17-20-8-5-4-6-9-20/h4-6,8-9,11,13,18,21,24,31H,7,10,12,14-17,19H2,1-3H3. The van der Waals surface area contributed by atoms with E-state index in [9.17, 15) is 9.90 Å². The third kappa shape index (κ3) is 6.74. The molecule has 0 bridgehead atoms. The van der Waals surface area contributed by atoms with E-state index in [-0.39, 0.29) is 18.6 Å². The number of hydrogen-bond acceptors (Lipinski definition) is 6. The summed E-state index contributed by atoms with van der Waals surface area (Å²) in [5.41, 5.74) is 2.29. The highest BCUT2D eigenvalue weighted by atomic mass is 32.3. The van der Waals surface area contributed by atoms with Crippen LogP contribution in [0.15, 0.2) is 48.9 Å². The molecule has 1 aliphatic heterocycles. The molecule has 0 radical (unpaired) electrons. The van der Waals surface area contributed by atoms with E-state index in [4.69, 9.17) is 9.47 Å². The Kier molecular flexibility index (Phi) is 8.30. The van der Waals surface area contributed by atoms with Crippen molar-refractivity contribution < 1.29 is 19.4 Å². The van der Waals surface area contributed by atoms with Gasteiger partial charge in [0.15, 0.2) is 0 Å². The van der Waals surface area contributed by atoms with Crippen molar-refractivity contribution in [3.05, 3.63) is 60.2 Å². The Morgan fingerprint density at radius 1 is 1.20 bits per heavy atom. The summed E-state index contributed by atoms with van der Waals surface area (Å²) >= 11 is 0. The topological polar surface area (TPSA) is 89.7 Å². The zero-order valence-electron chi connectivity index (χ0n) is 20.8. The van der Waals surface area contributed by atoms with Gasteiger partial charge in [-0.15, -0.1) is 0 Å². The van der Waals surface area contributed by atoms with Gasteiger partial charge in [0.05, 0.1) is 12.3 Å². The summed E-state index contributed by atoms with van der Waals surface area (Å²) in [5.74, 6) is 0.928. The van der Waals surface area contributed by atoms with Gasteiger partial charge in [-0.05, 0) is 43.2 Å². The van der Waals surface area contributed by atoms with Crippen molar-refractivity contribution in [3.63, 3.8) is 0 Å². The Hall–Kier alpha value is -2.62. The number of carbonyl (C=O) groups excluding carboxylic acids is 1. The van der Waals surface area contributed by atoms with Crippen LogP contribution in [0.4, 0.5) is 4.79 Å². The van der Waals surface area contributed by atoms with Crippen LogP contribution in [-0.4, -0.2) is 74.9 Å². The molecular formula is C26H36N4O4S. The number of likely N-dealkylation sites (tertiary alicyclic amines) is 1. The average molecular weight is 501 g/mol. The van der Waals surface area contributed by atoms with E-state index in [0.29, 0.717) is 32.1 Å². The monoisotopic (exact) mass is 500 g/mol. The van der Waals surface area contributed by atoms with Gasteiger partial charge < -0.3 is 24.0 Å². The van der Waals surface area contributed by atoms with Gasteiger partial charge in [0.25, 0.3) is 0 Å². The highest BCUT2D eigenvalue weighted by Crippen LogP contribution is 2.34. The Balaban J connectivity index is 1.38. The molecule has 1 N–H and O–H groups in total. The fourth-order valence-electron chi connectivity index (χ4n) is 4.30. The highest BCUT2D eigenvalue weighted by molar-refractivity contribution is 8.32. The number of aliphatic hydroxyl groups is 1. The van der Waals surface area contributed by atoms with E-state index in [0.717, 1.165) is 35.2 Å². The van der Waals surface area contributed by atoms with Gasteiger partial charge >= 0.3 is 6.09 Å². The SMILES string of the molecule is CS(C)(C)CCOCn1ccc2c(C(O)C3CCCN(C(=O)OCc4ccccc4)C3)ncnc21. The fraction of sp³-hybridized carbons (Fsp3) is 0.500. The quantitative estimate of drug-likeness (QED) is 0.443. The summed E-state index contributed by atoms with van der Waals surface area (Å²) in [6.07, 6.45) is 10.7. The maximum Gasteiger partial charge on any atom is 0.410 e. The number of piperidine rings is 1. The largest absolute Gasteiger partial charge is 0.445 e. The molecule has 0 saturated carbocycles. The first kappa shape index (κ1) is 25.5. The zero-order valence-corrected chi connectivity index (χ0v) is 21.6. The van der Waals surface area contributed by atoms with E-state index in [1.807, 2.05) is 47.2 Å². The average Bonchev–Trinajstić information content (AvgIpc) is 3.28. The van der Waals surface area contributed by atoms with Gasteiger partial charge in [0.1, 0.15) is 31.4 Å². The first-order valence-electron chi connectivity index (χ1n) is 12.0. The highest BCUT2D eigenvalue weighted by Gasteiger charge is 2.32. The summed E-state index contributed by atoms with van der Waals surface area (Å²) in [6, 6.07) is 11.6. The lowest BCUT2D eigenvalue weighted by Gasteiger charge is -2.34. The Bertz CT molecular complexity index is 1120. The van der Waals surface area contributed by atoms with Gasteiger partial charge in [-0.2, -0.15) is 0 Å². The van der Waals surface area contributed by atoms with Crippen molar-refractivity contribution in [2.75, 3.05) is 44.2 Å². The minimum Gasteiger partial charge on any atom is -0.445 e. The second-order valence-corrected chi connectivity index (χ2v) is 14.5. The van der Waals surface area contributed by atoms with Crippen molar-refractivity contribution in [1.29, 1.82) is 0 Å². The van der Waals surface area contributed by atoms with Crippen LogP contribution >= 0.6 is 10.0 Å². The summed E-state index contributed by atoms with van der Waals surface area (Å²) in [7, 11) is -0.597. The zero-order chi connectivity index (χ0) is 24.8. The normalized spacial score (nSPS) is 17.9. The number of rotatable bonds is 9. The number of ether oxygens (including phenoxy) is 2. The van der Waals surface area contributed by atoms with E-state index >= 15 is 0 Å². The number of nitrogens with zero attached hydrogens (tertiary/aromatic N) is 4. The molecule has 4 rings (SSSR count). The lowest BCUT2D eigenvalue weighted by molar-refractivity contribution is 0.0359. The fourth-order valence-corrected chi connectivity index (χ4v) is 4.92. The molecule has 1 aliphatic rings. The number of aliphatic hydroxyl groups excluding tert-OH is 1. The minimum absolute atomic E-state index is 0.125. The first-order chi connectivity index (χ1) is 16.8. The second-order valence-electron chi connectivity index (χ2n) is 9.95. The Morgan fingerprint density at radius 3 is 2.77 bits per heavy atom. The van der Waals surface area contributed by atoms with Crippen molar-refractivity contribution in [1.82, 2.24) is 19.4 Å². The molecule has 1 fully saturated rings. The lowest BCUT2D eigenvalue weighted by Crippen LogP contribution is -2.42. The number of carbonyl (C=O) groups is 1. The molecule has 3 heterocycles. The van der Waals surface area contributed by atoms with Crippen molar-refractivity contribution in [2.24, 2.45) is 5.92 Å². The van der Waals surface area contributed by atoms with Crippen LogP contribution in [0.3, 0.4) is 0 Å². The molecule has 3 aromatic rings. The van der Waals surface area contributed by atoms with Gasteiger partial charge in [-0.3, -0.25) is 0 Å². The van der Waals surface area contributed by atoms with Crippen LogP contribution in [0.2, 0.25) is 0 Å². The van der Waals surface area contributed by atoms with Crippen molar-refractivity contribution >= 4 is 27.2 Å². The summed E-state index contributed by atoms with van der Waals surface area (Å²) in [5, 5.41) is 12.1. The number of benzene rings is 1. The van der Waals surface area contributed by atoms with Crippen molar-refractivity contribution in [3.8, 4) is 0 Å². The Morgan fingerprint density at radius 2 is 2.00 bits per heavy atom.